The highest BCUT2D eigenvalue weighted by molar-refractivity contribution is 5.76. The van der Waals surface area contributed by atoms with Crippen LogP contribution in [-0.2, 0) is 25.5 Å². The minimum absolute atomic E-state index is 0.144. The predicted octanol–water partition coefficient (Wildman–Crippen LogP) is 2.80. The highest BCUT2D eigenvalue weighted by atomic mass is 16.6. The molecule has 1 aromatic rings. The first-order valence-electron chi connectivity index (χ1n) is 9.41. The second kappa shape index (κ2) is 11.4. The van der Waals surface area contributed by atoms with Crippen LogP contribution in [0.2, 0.25) is 0 Å². The van der Waals surface area contributed by atoms with Gasteiger partial charge in [-0.05, 0) is 44.4 Å². The molecule has 0 unspecified atom stereocenters. The lowest BCUT2D eigenvalue weighted by atomic mass is 10.1. The molecule has 0 saturated carbocycles. The Bertz CT molecular complexity index is 618. The number of benzene rings is 1. The van der Waals surface area contributed by atoms with Gasteiger partial charge in [0.2, 0.25) is 0 Å². The van der Waals surface area contributed by atoms with E-state index >= 15 is 0 Å². The Balaban J connectivity index is 2.42. The van der Waals surface area contributed by atoms with Crippen LogP contribution >= 0.6 is 0 Å². The smallest absolute Gasteiger partial charge is 0.323 e. The SMILES string of the molecule is CCCCCCC(=O)O[C@@H](C)[C@@H](C)OC(=O)[C@@H](N)Cc1ccc(O)c(O)c1. The Kier molecular flexibility index (Phi) is 9.64. The van der Waals surface area contributed by atoms with E-state index in [1.807, 2.05) is 0 Å². The second-order valence-electron chi connectivity index (χ2n) is 6.78. The van der Waals surface area contributed by atoms with Gasteiger partial charge in [0.15, 0.2) is 11.5 Å². The molecule has 0 fully saturated rings. The number of unbranched alkanes of at least 4 members (excludes halogenated alkanes) is 3. The molecule has 7 heteroatoms. The van der Waals surface area contributed by atoms with Gasteiger partial charge in [-0.15, -0.1) is 0 Å². The maximum absolute atomic E-state index is 12.1. The van der Waals surface area contributed by atoms with Crippen LogP contribution in [-0.4, -0.2) is 40.4 Å². The largest absolute Gasteiger partial charge is 0.504 e. The zero-order valence-electron chi connectivity index (χ0n) is 16.3. The lowest BCUT2D eigenvalue weighted by molar-refractivity contribution is -0.166. The molecule has 27 heavy (non-hydrogen) atoms. The maximum atomic E-state index is 12.1. The number of carbonyl (C=O) groups excluding carboxylic acids is 2. The molecular weight excluding hydrogens is 350 g/mol. The highest BCUT2D eigenvalue weighted by Gasteiger charge is 2.24. The molecule has 0 spiro atoms. The van der Waals surface area contributed by atoms with Gasteiger partial charge >= 0.3 is 11.9 Å². The van der Waals surface area contributed by atoms with Crippen LogP contribution in [0.1, 0.15) is 58.4 Å². The molecule has 3 atom stereocenters. The van der Waals surface area contributed by atoms with E-state index in [2.05, 4.69) is 6.92 Å². The summed E-state index contributed by atoms with van der Waals surface area (Å²) in [5.74, 6) is -1.44. The standard InChI is InChI=1S/C20H31NO6/c1-4-5-6-7-8-19(24)26-13(2)14(3)27-20(25)16(21)11-15-9-10-17(22)18(23)12-15/h9-10,12-14,16,22-23H,4-8,11,21H2,1-3H3/t13-,14+,16-/m0/s1. The molecule has 4 N–H and O–H groups in total. The Labute approximate surface area is 160 Å². The molecular formula is C20H31NO6. The minimum Gasteiger partial charge on any atom is -0.504 e. The van der Waals surface area contributed by atoms with Gasteiger partial charge in [-0.2, -0.15) is 0 Å². The molecule has 0 bridgehead atoms. The van der Waals surface area contributed by atoms with Crippen LogP contribution in [0.4, 0.5) is 0 Å². The summed E-state index contributed by atoms with van der Waals surface area (Å²) in [5.41, 5.74) is 6.45. The lowest BCUT2D eigenvalue weighted by Crippen LogP contribution is -2.39. The van der Waals surface area contributed by atoms with E-state index in [1.165, 1.54) is 12.1 Å². The zero-order chi connectivity index (χ0) is 20.4. The third-order valence-corrected chi connectivity index (χ3v) is 4.31. The summed E-state index contributed by atoms with van der Waals surface area (Å²) < 4.78 is 10.6. The number of ether oxygens (including phenoxy) is 2. The van der Waals surface area contributed by atoms with Crippen molar-refractivity contribution in [1.29, 1.82) is 0 Å². The Morgan fingerprint density at radius 3 is 2.33 bits per heavy atom. The van der Waals surface area contributed by atoms with Crippen LogP contribution < -0.4 is 5.73 Å². The Morgan fingerprint density at radius 2 is 1.70 bits per heavy atom. The molecule has 0 amide bonds. The number of rotatable bonds is 11. The van der Waals surface area contributed by atoms with Gasteiger partial charge in [0, 0.05) is 6.42 Å². The Morgan fingerprint density at radius 1 is 1.04 bits per heavy atom. The van der Waals surface area contributed by atoms with Crippen LogP contribution in [0.5, 0.6) is 11.5 Å². The van der Waals surface area contributed by atoms with Gasteiger partial charge in [0.25, 0.3) is 0 Å². The Hall–Kier alpha value is -2.28. The zero-order valence-corrected chi connectivity index (χ0v) is 16.3. The first-order chi connectivity index (χ1) is 12.7. The molecule has 1 aromatic carbocycles. The van der Waals surface area contributed by atoms with Crippen molar-refractivity contribution in [3.05, 3.63) is 23.8 Å². The van der Waals surface area contributed by atoms with Crippen molar-refractivity contribution in [2.45, 2.75) is 77.5 Å². The number of hydrogen-bond donors (Lipinski definition) is 3. The van der Waals surface area contributed by atoms with E-state index in [-0.39, 0.29) is 23.9 Å². The number of carbonyl (C=O) groups is 2. The van der Waals surface area contributed by atoms with Crippen LogP contribution in [0, 0.1) is 0 Å². The summed E-state index contributed by atoms with van der Waals surface area (Å²) in [7, 11) is 0. The molecule has 1 rings (SSSR count). The van der Waals surface area contributed by atoms with Gasteiger partial charge in [-0.1, -0.05) is 32.3 Å². The third kappa shape index (κ3) is 8.30. The molecule has 7 nitrogen and oxygen atoms in total. The van der Waals surface area contributed by atoms with Crippen molar-refractivity contribution in [3.8, 4) is 11.5 Å². The van der Waals surface area contributed by atoms with Gasteiger partial charge in [-0.3, -0.25) is 9.59 Å². The summed E-state index contributed by atoms with van der Waals surface area (Å²) >= 11 is 0. The average Bonchev–Trinajstić information content (AvgIpc) is 2.61. The normalized spacial score (nSPS) is 14.2. The van der Waals surface area contributed by atoms with Crippen LogP contribution in [0.25, 0.3) is 0 Å². The fourth-order valence-electron chi connectivity index (χ4n) is 2.46. The van der Waals surface area contributed by atoms with E-state index in [0.29, 0.717) is 12.0 Å². The first-order valence-corrected chi connectivity index (χ1v) is 9.41. The molecule has 0 saturated heterocycles. The number of phenols is 2. The van der Waals surface area contributed by atoms with E-state index in [1.54, 1.807) is 19.9 Å². The van der Waals surface area contributed by atoms with Crippen molar-refractivity contribution in [2.24, 2.45) is 5.73 Å². The van der Waals surface area contributed by atoms with E-state index in [0.717, 1.165) is 25.7 Å². The van der Waals surface area contributed by atoms with Gasteiger partial charge < -0.3 is 25.4 Å². The monoisotopic (exact) mass is 381 g/mol. The number of hydrogen-bond acceptors (Lipinski definition) is 7. The minimum atomic E-state index is -0.937. The first kappa shape index (κ1) is 22.8. The predicted molar refractivity (Wildman–Crippen MR) is 101 cm³/mol. The van der Waals surface area contributed by atoms with Crippen molar-refractivity contribution in [2.75, 3.05) is 0 Å². The van der Waals surface area contributed by atoms with E-state index < -0.39 is 24.2 Å². The number of nitrogens with two attached hydrogens (primary N) is 1. The fourth-order valence-corrected chi connectivity index (χ4v) is 2.46. The number of esters is 2. The number of phenolic OH excluding ortho intramolecular Hbond substituents is 2. The van der Waals surface area contributed by atoms with Crippen molar-refractivity contribution in [1.82, 2.24) is 0 Å². The van der Waals surface area contributed by atoms with Crippen molar-refractivity contribution >= 4 is 11.9 Å². The van der Waals surface area contributed by atoms with Crippen molar-refractivity contribution < 1.29 is 29.3 Å². The van der Waals surface area contributed by atoms with E-state index in [9.17, 15) is 19.8 Å². The van der Waals surface area contributed by atoms with E-state index in [4.69, 9.17) is 15.2 Å². The summed E-state index contributed by atoms with van der Waals surface area (Å²) in [6, 6.07) is 3.30. The molecule has 0 heterocycles. The van der Waals surface area contributed by atoms with Gasteiger partial charge in [0.1, 0.15) is 18.2 Å². The topological polar surface area (TPSA) is 119 Å². The molecule has 0 aliphatic rings. The maximum Gasteiger partial charge on any atom is 0.323 e. The second-order valence-corrected chi connectivity index (χ2v) is 6.78. The number of aromatic hydroxyl groups is 2. The van der Waals surface area contributed by atoms with Crippen LogP contribution in [0.15, 0.2) is 18.2 Å². The molecule has 152 valence electrons. The van der Waals surface area contributed by atoms with Crippen LogP contribution in [0.3, 0.4) is 0 Å². The summed E-state index contributed by atoms with van der Waals surface area (Å²) in [5, 5.41) is 18.8. The van der Waals surface area contributed by atoms with Gasteiger partial charge in [-0.25, -0.2) is 0 Å². The van der Waals surface area contributed by atoms with Gasteiger partial charge in [0.05, 0.1) is 0 Å². The molecule has 0 radical (unpaired) electrons. The summed E-state index contributed by atoms with van der Waals surface area (Å²) in [6.45, 7) is 5.42. The molecule has 0 aliphatic carbocycles. The molecule has 0 aromatic heterocycles. The third-order valence-electron chi connectivity index (χ3n) is 4.31. The fraction of sp³-hybridized carbons (Fsp3) is 0.600. The average molecular weight is 381 g/mol. The molecule has 0 aliphatic heterocycles. The lowest BCUT2D eigenvalue weighted by Gasteiger charge is -2.22. The van der Waals surface area contributed by atoms with Crippen molar-refractivity contribution in [3.63, 3.8) is 0 Å². The summed E-state index contributed by atoms with van der Waals surface area (Å²) in [4.78, 5) is 24.0. The quantitative estimate of drug-likeness (QED) is 0.306. The summed E-state index contributed by atoms with van der Waals surface area (Å²) in [6.07, 6.45) is 3.27. The highest BCUT2D eigenvalue weighted by Crippen LogP contribution is 2.25.